The lowest BCUT2D eigenvalue weighted by Gasteiger charge is -2.26. The van der Waals surface area contributed by atoms with E-state index in [4.69, 9.17) is 0 Å². The zero-order valence-corrected chi connectivity index (χ0v) is 10.8. The highest BCUT2D eigenvalue weighted by atomic mass is 16.2. The van der Waals surface area contributed by atoms with Crippen molar-refractivity contribution >= 4 is 5.91 Å². The summed E-state index contributed by atoms with van der Waals surface area (Å²) < 4.78 is 0. The van der Waals surface area contributed by atoms with Crippen molar-refractivity contribution in [1.29, 1.82) is 0 Å². The molecule has 0 aromatic carbocycles. The Morgan fingerprint density at radius 1 is 1.44 bits per heavy atom. The molecular formula is C13H24N2O. The van der Waals surface area contributed by atoms with E-state index >= 15 is 0 Å². The Bertz CT molecular complexity index is 266. The number of nitrogens with one attached hydrogen (secondary N) is 2. The van der Waals surface area contributed by atoms with Crippen molar-refractivity contribution in [2.24, 2.45) is 0 Å². The SMILES string of the molecule is CC(NC1C=CCCC1)C(=O)NC(C)(C)C. The van der Waals surface area contributed by atoms with Crippen LogP contribution in [0, 0.1) is 0 Å². The molecule has 3 nitrogen and oxygen atoms in total. The van der Waals surface area contributed by atoms with Gasteiger partial charge in [0.25, 0.3) is 0 Å². The topological polar surface area (TPSA) is 41.1 Å². The predicted octanol–water partition coefficient (Wildman–Crippen LogP) is 1.99. The van der Waals surface area contributed by atoms with E-state index in [1.807, 2.05) is 27.7 Å². The van der Waals surface area contributed by atoms with Crippen LogP contribution in [0.4, 0.5) is 0 Å². The summed E-state index contributed by atoms with van der Waals surface area (Å²) in [6.45, 7) is 7.91. The molecule has 1 aliphatic carbocycles. The van der Waals surface area contributed by atoms with E-state index < -0.39 is 0 Å². The second-order valence-electron chi connectivity index (χ2n) is 5.59. The van der Waals surface area contributed by atoms with Crippen LogP contribution in [0.1, 0.15) is 47.0 Å². The van der Waals surface area contributed by atoms with Crippen molar-refractivity contribution in [3.05, 3.63) is 12.2 Å². The van der Waals surface area contributed by atoms with Crippen LogP contribution in [0.25, 0.3) is 0 Å². The Morgan fingerprint density at radius 3 is 2.62 bits per heavy atom. The van der Waals surface area contributed by atoms with Crippen molar-refractivity contribution in [2.75, 3.05) is 0 Å². The monoisotopic (exact) mass is 224 g/mol. The Labute approximate surface area is 98.7 Å². The smallest absolute Gasteiger partial charge is 0.237 e. The summed E-state index contributed by atoms with van der Waals surface area (Å²) in [6, 6.07) is 0.224. The number of hydrogen-bond donors (Lipinski definition) is 2. The molecule has 0 spiro atoms. The van der Waals surface area contributed by atoms with Gasteiger partial charge < -0.3 is 5.32 Å². The van der Waals surface area contributed by atoms with Crippen LogP contribution >= 0.6 is 0 Å². The van der Waals surface area contributed by atoms with Gasteiger partial charge >= 0.3 is 0 Å². The van der Waals surface area contributed by atoms with Crippen LogP contribution in [0.2, 0.25) is 0 Å². The standard InChI is InChI=1S/C13H24N2O/c1-10(12(16)15-13(2,3)4)14-11-8-6-5-7-9-11/h6,8,10-11,14H,5,7,9H2,1-4H3,(H,15,16). The summed E-state index contributed by atoms with van der Waals surface area (Å²) in [5, 5.41) is 6.33. The van der Waals surface area contributed by atoms with Crippen molar-refractivity contribution in [2.45, 2.75) is 64.6 Å². The molecule has 3 heteroatoms. The molecule has 0 saturated carbocycles. The Hall–Kier alpha value is -0.830. The zero-order valence-electron chi connectivity index (χ0n) is 10.8. The third-order valence-electron chi connectivity index (χ3n) is 2.61. The molecule has 2 unspecified atom stereocenters. The third kappa shape index (κ3) is 4.79. The summed E-state index contributed by atoms with van der Waals surface area (Å²) in [5.74, 6) is 0.0754. The van der Waals surface area contributed by atoms with Crippen molar-refractivity contribution in [1.82, 2.24) is 10.6 Å². The maximum Gasteiger partial charge on any atom is 0.237 e. The first kappa shape index (κ1) is 13.2. The molecule has 0 bridgehead atoms. The molecule has 1 rings (SSSR count). The molecule has 0 saturated heterocycles. The van der Waals surface area contributed by atoms with Gasteiger partial charge in [0, 0.05) is 11.6 Å². The fourth-order valence-corrected chi connectivity index (χ4v) is 1.83. The minimum Gasteiger partial charge on any atom is -0.350 e. The fraction of sp³-hybridized carbons (Fsp3) is 0.769. The lowest BCUT2D eigenvalue weighted by atomic mass is 10.0. The predicted molar refractivity (Wildman–Crippen MR) is 67.3 cm³/mol. The Morgan fingerprint density at radius 2 is 2.12 bits per heavy atom. The van der Waals surface area contributed by atoms with Crippen LogP contribution in [-0.4, -0.2) is 23.5 Å². The first-order valence-electron chi connectivity index (χ1n) is 6.13. The highest BCUT2D eigenvalue weighted by Gasteiger charge is 2.21. The molecule has 0 radical (unpaired) electrons. The number of amides is 1. The summed E-state index contributed by atoms with van der Waals surface area (Å²) in [4.78, 5) is 11.8. The molecule has 2 N–H and O–H groups in total. The van der Waals surface area contributed by atoms with Crippen molar-refractivity contribution in [3.8, 4) is 0 Å². The quantitative estimate of drug-likeness (QED) is 0.720. The highest BCUT2D eigenvalue weighted by Crippen LogP contribution is 2.11. The molecule has 0 heterocycles. The Balaban J connectivity index is 2.39. The van der Waals surface area contributed by atoms with E-state index in [2.05, 4.69) is 22.8 Å². The maximum atomic E-state index is 11.8. The number of rotatable bonds is 3. The van der Waals surface area contributed by atoms with Crippen LogP contribution in [0.5, 0.6) is 0 Å². The van der Waals surface area contributed by atoms with Gasteiger partial charge in [-0.15, -0.1) is 0 Å². The first-order valence-corrected chi connectivity index (χ1v) is 6.13. The molecule has 1 amide bonds. The van der Waals surface area contributed by atoms with Crippen molar-refractivity contribution < 1.29 is 4.79 Å². The summed E-state index contributed by atoms with van der Waals surface area (Å²) in [7, 11) is 0. The van der Waals surface area contributed by atoms with E-state index in [1.54, 1.807) is 0 Å². The highest BCUT2D eigenvalue weighted by molar-refractivity contribution is 5.82. The van der Waals surface area contributed by atoms with Crippen LogP contribution in [-0.2, 0) is 4.79 Å². The second kappa shape index (κ2) is 5.48. The minimum atomic E-state index is -0.157. The molecule has 2 atom stereocenters. The lowest BCUT2D eigenvalue weighted by molar-refractivity contribution is -0.124. The summed E-state index contributed by atoms with van der Waals surface area (Å²) >= 11 is 0. The number of carbonyl (C=O) groups is 1. The summed E-state index contributed by atoms with van der Waals surface area (Å²) in [5.41, 5.74) is -0.157. The molecule has 0 fully saturated rings. The van der Waals surface area contributed by atoms with Gasteiger partial charge in [-0.1, -0.05) is 12.2 Å². The van der Waals surface area contributed by atoms with Gasteiger partial charge in [0.1, 0.15) is 0 Å². The van der Waals surface area contributed by atoms with Crippen LogP contribution in [0.3, 0.4) is 0 Å². The number of hydrogen-bond acceptors (Lipinski definition) is 2. The first-order chi connectivity index (χ1) is 7.38. The van der Waals surface area contributed by atoms with Gasteiger partial charge in [-0.3, -0.25) is 10.1 Å². The fourth-order valence-electron chi connectivity index (χ4n) is 1.83. The minimum absolute atomic E-state index is 0.0754. The zero-order chi connectivity index (χ0) is 12.2. The van der Waals surface area contributed by atoms with E-state index in [9.17, 15) is 4.79 Å². The van der Waals surface area contributed by atoms with Crippen LogP contribution < -0.4 is 10.6 Å². The Kier molecular flexibility index (Phi) is 4.54. The lowest BCUT2D eigenvalue weighted by Crippen LogP contribution is -2.51. The van der Waals surface area contributed by atoms with Gasteiger partial charge in [0.15, 0.2) is 0 Å². The summed E-state index contributed by atoms with van der Waals surface area (Å²) in [6.07, 6.45) is 7.87. The average molecular weight is 224 g/mol. The third-order valence-corrected chi connectivity index (χ3v) is 2.61. The van der Waals surface area contributed by atoms with E-state index in [-0.39, 0.29) is 17.5 Å². The average Bonchev–Trinajstić information content (AvgIpc) is 2.16. The van der Waals surface area contributed by atoms with E-state index in [0.29, 0.717) is 6.04 Å². The molecule has 0 aromatic rings. The van der Waals surface area contributed by atoms with Crippen molar-refractivity contribution in [3.63, 3.8) is 0 Å². The second-order valence-corrected chi connectivity index (χ2v) is 5.59. The number of allylic oxidation sites excluding steroid dienone is 1. The van der Waals surface area contributed by atoms with Gasteiger partial charge in [-0.2, -0.15) is 0 Å². The maximum absolute atomic E-state index is 11.8. The molecule has 1 aliphatic rings. The number of carbonyl (C=O) groups excluding carboxylic acids is 1. The van der Waals surface area contributed by atoms with E-state index in [0.717, 1.165) is 6.42 Å². The van der Waals surface area contributed by atoms with E-state index in [1.165, 1.54) is 12.8 Å². The molecular weight excluding hydrogens is 200 g/mol. The van der Waals surface area contributed by atoms with Gasteiger partial charge in [0.05, 0.1) is 6.04 Å². The molecule has 0 aromatic heterocycles. The molecule has 16 heavy (non-hydrogen) atoms. The largest absolute Gasteiger partial charge is 0.350 e. The normalized spacial score (nSPS) is 22.9. The van der Waals surface area contributed by atoms with Gasteiger partial charge in [0.2, 0.25) is 5.91 Å². The molecule has 92 valence electrons. The van der Waals surface area contributed by atoms with Crippen LogP contribution in [0.15, 0.2) is 12.2 Å². The molecule has 0 aliphatic heterocycles. The van der Waals surface area contributed by atoms with Gasteiger partial charge in [-0.05, 0) is 47.0 Å². The van der Waals surface area contributed by atoms with Gasteiger partial charge in [-0.25, -0.2) is 0 Å².